The Balaban J connectivity index is 0.000000261. The quantitative estimate of drug-likeness (QED) is 0.596. The van der Waals surface area contributed by atoms with Crippen molar-refractivity contribution >= 4 is 15.5 Å². The summed E-state index contributed by atoms with van der Waals surface area (Å²) in [6, 6.07) is 10.2. The number of hydrogen-bond acceptors (Lipinski definition) is 0. The lowest BCUT2D eigenvalue weighted by Crippen LogP contribution is -1.76. The lowest BCUT2D eigenvalue weighted by molar-refractivity contribution is 0.535. The molecule has 0 nitrogen and oxygen atoms in total. The van der Waals surface area contributed by atoms with Crippen molar-refractivity contribution in [2.24, 2.45) is 0 Å². The Kier molecular flexibility index (Phi) is 6.93. The highest BCUT2D eigenvalue weighted by atomic mass is 27.3. The first-order valence-electron chi connectivity index (χ1n) is 3.42. The summed E-state index contributed by atoms with van der Waals surface area (Å²) in [7, 11) is 0. The molecule has 0 heterocycles. The van der Waals surface area contributed by atoms with Crippen LogP contribution in [0.5, 0.6) is 0 Å². The molecule has 65 valence electrons. The Morgan fingerprint density at radius 2 is 1.50 bits per heavy atom. The fourth-order valence-electron chi connectivity index (χ4n) is 0.645. The number of rotatable bonds is 1. The van der Waals surface area contributed by atoms with Crippen molar-refractivity contribution in [1.29, 1.82) is 0 Å². The molecule has 1 radical (unpaired) electrons. The van der Waals surface area contributed by atoms with Gasteiger partial charge in [-0.2, -0.15) is 0 Å². The maximum absolute atomic E-state index is 9.81. The van der Waals surface area contributed by atoms with E-state index in [4.69, 9.17) is 0 Å². The van der Waals surface area contributed by atoms with E-state index in [-0.39, 0.29) is 0 Å². The Morgan fingerprint density at radius 1 is 1.08 bits per heavy atom. The molecular formula is C8H9AlF3. The molecule has 0 aliphatic carbocycles. The minimum absolute atomic E-state index is 0.890. The molecule has 0 saturated heterocycles. The molecule has 0 bridgehead atoms. The fourth-order valence-corrected chi connectivity index (χ4v) is 0.645. The van der Waals surface area contributed by atoms with Crippen LogP contribution in [0.1, 0.15) is 5.56 Å². The molecule has 1 rings (SSSR count). The normalized spacial score (nSPS) is 8.33. The van der Waals surface area contributed by atoms with E-state index in [1.54, 1.807) is 0 Å². The highest BCUT2D eigenvalue weighted by molar-refractivity contribution is 6.33. The van der Waals surface area contributed by atoms with E-state index >= 15 is 0 Å². The van der Waals surface area contributed by atoms with Crippen LogP contribution in [-0.2, 0) is 6.42 Å². The molecule has 0 aliphatic heterocycles. The highest BCUT2D eigenvalue weighted by Crippen LogP contribution is 1.96. The summed E-state index contributed by atoms with van der Waals surface area (Å²) in [4.78, 5) is 0. The van der Waals surface area contributed by atoms with Crippen molar-refractivity contribution in [3.8, 4) is 0 Å². The molecule has 0 unspecified atom stereocenters. The lowest BCUT2D eigenvalue weighted by atomic mass is 10.2. The third-order valence-corrected chi connectivity index (χ3v) is 1.13. The van der Waals surface area contributed by atoms with Gasteiger partial charge in [0, 0.05) is 0 Å². The molecule has 0 amide bonds. The predicted octanol–water partition coefficient (Wildman–Crippen LogP) is 2.94. The molecule has 0 N–H and O–H groups in total. The van der Waals surface area contributed by atoms with Crippen LogP contribution in [0.3, 0.4) is 0 Å². The molecule has 0 atom stereocenters. The number of halogens is 3. The molecule has 0 fully saturated rings. The number of benzene rings is 1. The summed E-state index contributed by atoms with van der Waals surface area (Å²) in [6.07, 6.45) is 0.890. The van der Waals surface area contributed by atoms with E-state index in [0.29, 0.717) is 0 Å². The summed E-state index contributed by atoms with van der Waals surface area (Å²) < 4.78 is 29.4. The first-order valence-corrected chi connectivity index (χ1v) is 4.73. The first-order chi connectivity index (χ1) is 5.66. The highest BCUT2D eigenvalue weighted by Gasteiger charge is 2.21. The monoisotopic (exact) mass is 189 g/mol. The second-order valence-corrected chi connectivity index (χ2v) is 2.48. The van der Waals surface area contributed by atoms with E-state index in [2.05, 4.69) is 19.1 Å². The maximum atomic E-state index is 9.81. The van der Waals surface area contributed by atoms with Crippen LogP contribution in [0.15, 0.2) is 30.3 Å². The zero-order chi connectivity index (χ0) is 9.40. The van der Waals surface area contributed by atoms with Gasteiger partial charge in [0.1, 0.15) is 0 Å². The van der Waals surface area contributed by atoms with Crippen LogP contribution in [0.25, 0.3) is 0 Å². The van der Waals surface area contributed by atoms with Crippen LogP contribution in [0.4, 0.5) is 10.6 Å². The van der Waals surface area contributed by atoms with Crippen molar-refractivity contribution in [1.82, 2.24) is 0 Å². The second kappa shape index (κ2) is 7.21. The average Bonchev–Trinajstić information content (AvgIpc) is 2.05. The van der Waals surface area contributed by atoms with Gasteiger partial charge >= 0.3 is 15.5 Å². The van der Waals surface area contributed by atoms with Gasteiger partial charge in [-0.15, -0.1) is 0 Å². The molecule has 1 aromatic rings. The molecule has 0 aliphatic rings. The van der Waals surface area contributed by atoms with Gasteiger partial charge in [0.2, 0.25) is 0 Å². The van der Waals surface area contributed by atoms with E-state index in [0.717, 1.165) is 6.42 Å². The predicted molar refractivity (Wildman–Crippen MR) is 44.6 cm³/mol. The molecule has 1 aromatic carbocycles. The van der Waals surface area contributed by atoms with E-state index in [1.165, 1.54) is 5.56 Å². The molecule has 4 heteroatoms. The summed E-state index contributed by atoms with van der Waals surface area (Å²) >= 11 is -4.64. The molecular weight excluding hydrogens is 180 g/mol. The van der Waals surface area contributed by atoms with E-state index in [9.17, 15) is 10.6 Å². The first kappa shape index (κ1) is 11.5. The largest absolute Gasteiger partial charge is 1.04 e. The Morgan fingerprint density at radius 3 is 1.75 bits per heavy atom. The average molecular weight is 189 g/mol. The topological polar surface area (TPSA) is 0 Å². The van der Waals surface area contributed by atoms with E-state index < -0.39 is 15.5 Å². The lowest BCUT2D eigenvalue weighted by Gasteiger charge is -1.89. The molecule has 0 aromatic heterocycles. The van der Waals surface area contributed by atoms with Gasteiger partial charge in [-0.25, -0.2) is 0 Å². The van der Waals surface area contributed by atoms with Gasteiger partial charge in [-0.1, -0.05) is 30.3 Å². The summed E-state index contributed by atoms with van der Waals surface area (Å²) in [6.45, 7) is 3.76. The summed E-state index contributed by atoms with van der Waals surface area (Å²) in [5.41, 5.74) is 1.30. The van der Waals surface area contributed by atoms with Gasteiger partial charge in [0.15, 0.2) is 0 Å². The second-order valence-electron chi connectivity index (χ2n) is 1.98. The minimum atomic E-state index is -4.64. The van der Waals surface area contributed by atoms with Crippen molar-refractivity contribution in [3.05, 3.63) is 42.8 Å². The zero-order valence-electron chi connectivity index (χ0n) is 6.51. The van der Waals surface area contributed by atoms with Gasteiger partial charge in [0.05, 0.1) is 0 Å². The molecule has 0 spiro atoms. The standard InChI is InChI=1S/C8H9.Al.3FH/c1-2-8-6-4-3-5-7-8;;;;/h3-7H,1-2H2;;3*1H/q;+3;;;/p-3. The summed E-state index contributed by atoms with van der Waals surface area (Å²) in [5, 5.41) is 0. The van der Waals surface area contributed by atoms with Crippen molar-refractivity contribution < 1.29 is 10.6 Å². The molecule has 12 heavy (non-hydrogen) atoms. The zero-order valence-corrected chi connectivity index (χ0v) is 7.67. The van der Waals surface area contributed by atoms with Crippen LogP contribution < -0.4 is 0 Å². The van der Waals surface area contributed by atoms with Crippen LogP contribution in [0, 0.1) is 6.92 Å². The SMILES string of the molecule is [CH2]Cc1ccccc1.[F][Al]([F])[F]. The van der Waals surface area contributed by atoms with Gasteiger partial charge in [0.25, 0.3) is 0 Å². The van der Waals surface area contributed by atoms with Crippen LogP contribution >= 0.6 is 0 Å². The fraction of sp³-hybridized carbons (Fsp3) is 0.125. The Hall–Kier alpha value is -0.458. The Bertz CT molecular complexity index is 186. The van der Waals surface area contributed by atoms with Crippen molar-refractivity contribution in [2.45, 2.75) is 6.42 Å². The minimum Gasteiger partial charge on any atom is -0.346 e. The Labute approximate surface area is 75.8 Å². The third kappa shape index (κ3) is 7.65. The van der Waals surface area contributed by atoms with Crippen LogP contribution in [-0.4, -0.2) is 15.5 Å². The van der Waals surface area contributed by atoms with Crippen molar-refractivity contribution in [2.75, 3.05) is 0 Å². The maximum Gasteiger partial charge on any atom is 1.04 e. The van der Waals surface area contributed by atoms with Crippen LogP contribution in [0.2, 0.25) is 0 Å². The van der Waals surface area contributed by atoms with Gasteiger partial charge in [-0.3, -0.25) is 0 Å². The third-order valence-electron chi connectivity index (χ3n) is 1.13. The molecule has 0 saturated carbocycles. The van der Waals surface area contributed by atoms with E-state index in [1.807, 2.05) is 18.2 Å². The van der Waals surface area contributed by atoms with Gasteiger partial charge < -0.3 is 10.6 Å². The van der Waals surface area contributed by atoms with Crippen molar-refractivity contribution in [3.63, 3.8) is 0 Å². The number of hydrogen-bond donors (Lipinski definition) is 0. The smallest absolute Gasteiger partial charge is 0.346 e. The summed E-state index contributed by atoms with van der Waals surface area (Å²) in [5.74, 6) is 0. The van der Waals surface area contributed by atoms with Gasteiger partial charge in [-0.05, 0) is 18.9 Å².